The van der Waals surface area contributed by atoms with Gasteiger partial charge in [0.15, 0.2) is 0 Å². The van der Waals surface area contributed by atoms with Gasteiger partial charge in [-0.3, -0.25) is 0 Å². The van der Waals surface area contributed by atoms with Gasteiger partial charge in [0.2, 0.25) is 0 Å². The molecule has 0 saturated carbocycles. The number of benzene rings is 2. The third-order valence-electron chi connectivity index (χ3n) is 6.25. The van der Waals surface area contributed by atoms with Crippen LogP contribution < -0.4 is 0 Å². The van der Waals surface area contributed by atoms with E-state index in [1.54, 1.807) is 0 Å². The summed E-state index contributed by atoms with van der Waals surface area (Å²) in [5.41, 5.74) is 8.60. The summed E-state index contributed by atoms with van der Waals surface area (Å²) >= 11 is 0. The summed E-state index contributed by atoms with van der Waals surface area (Å²) in [7, 11) is 0. The number of phenols is 2. The van der Waals surface area contributed by atoms with Gasteiger partial charge in [-0.2, -0.15) is 0 Å². The summed E-state index contributed by atoms with van der Waals surface area (Å²) in [6.45, 7) is 3.95. The quantitative estimate of drug-likeness (QED) is 0.636. The average Bonchev–Trinajstić information content (AvgIpc) is 2.71. The van der Waals surface area contributed by atoms with Gasteiger partial charge in [0.25, 0.3) is 0 Å². The van der Waals surface area contributed by atoms with Crippen LogP contribution in [-0.4, -0.2) is 10.2 Å². The number of phenolic OH excluding ortho intramolecular Hbond substituents is 2. The molecular formula is C26H30O2. The maximum atomic E-state index is 11.3. The topological polar surface area (TPSA) is 40.5 Å². The van der Waals surface area contributed by atoms with Crippen LogP contribution in [0.2, 0.25) is 0 Å². The van der Waals surface area contributed by atoms with Gasteiger partial charge in [0.1, 0.15) is 11.5 Å². The molecule has 2 N–H and O–H groups in total. The Balaban J connectivity index is 2.09. The highest BCUT2D eigenvalue weighted by Gasteiger charge is 2.27. The molecular weight excluding hydrogens is 344 g/mol. The molecule has 146 valence electrons. The summed E-state index contributed by atoms with van der Waals surface area (Å²) in [6.07, 6.45) is 16.6. The molecule has 0 amide bonds. The van der Waals surface area contributed by atoms with Gasteiger partial charge < -0.3 is 10.2 Å². The van der Waals surface area contributed by atoms with Crippen molar-refractivity contribution in [2.75, 3.05) is 0 Å². The second-order valence-electron chi connectivity index (χ2n) is 8.07. The maximum Gasteiger partial charge on any atom is 0.131 e. The SMILES string of the molecule is C/C=C/c1cc2c(c(-c3c(O)c(/C=C/C)cc4c3CCCC4)c1O)CCCC2. The monoisotopic (exact) mass is 374 g/mol. The van der Waals surface area contributed by atoms with Gasteiger partial charge in [0.05, 0.1) is 0 Å². The minimum Gasteiger partial charge on any atom is -0.507 e. The molecule has 0 bridgehead atoms. The predicted molar refractivity (Wildman–Crippen MR) is 118 cm³/mol. The lowest BCUT2D eigenvalue weighted by Crippen LogP contribution is -2.10. The number of rotatable bonds is 3. The molecule has 0 heterocycles. The van der Waals surface area contributed by atoms with Gasteiger partial charge in [-0.25, -0.2) is 0 Å². The maximum absolute atomic E-state index is 11.3. The summed E-state index contributed by atoms with van der Waals surface area (Å²) in [4.78, 5) is 0. The van der Waals surface area contributed by atoms with Crippen molar-refractivity contribution in [1.82, 2.24) is 0 Å². The fourth-order valence-electron chi connectivity index (χ4n) is 4.99. The molecule has 2 aromatic rings. The van der Waals surface area contributed by atoms with E-state index in [-0.39, 0.29) is 0 Å². The van der Waals surface area contributed by atoms with Crippen LogP contribution in [0.4, 0.5) is 0 Å². The van der Waals surface area contributed by atoms with Crippen molar-refractivity contribution < 1.29 is 10.2 Å². The van der Waals surface area contributed by atoms with Crippen LogP contribution in [0.5, 0.6) is 11.5 Å². The standard InChI is InChI=1S/C26H30O2/c1-3-9-19-15-17-11-5-7-13-21(17)23(25(19)27)24-22-14-8-6-12-18(22)16-20(10-4-2)26(24)28/h3-4,9-10,15-16,27-28H,5-8,11-14H2,1-2H3/b9-3+,10-4+. The molecule has 28 heavy (non-hydrogen) atoms. The first-order valence-corrected chi connectivity index (χ1v) is 10.7. The Bertz CT molecular complexity index is 884. The van der Waals surface area contributed by atoms with E-state index in [1.165, 1.54) is 35.1 Å². The average molecular weight is 375 g/mol. The van der Waals surface area contributed by atoms with Crippen molar-refractivity contribution in [2.24, 2.45) is 0 Å². The highest BCUT2D eigenvalue weighted by atomic mass is 16.3. The largest absolute Gasteiger partial charge is 0.507 e. The van der Waals surface area contributed by atoms with Crippen LogP contribution in [0, 0.1) is 0 Å². The van der Waals surface area contributed by atoms with Gasteiger partial charge in [-0.1, -0.05) is 24.3 Å². The summed E-state index contributed by atoms with van der Waals surface area (Å²) in [6, 6.07) is 4.29. The molecule has 4 rings (SSSR count). The minimum absolute atomic E-state index is 0.319. The fraction of sp³-hybridized carbons (Fsp3) is 0.385. The van der Waals surface area contributed by atoms with Crippen LogP contribution in [0.1, 0.15) is 72.9 Å². The zero-order chi connectivity index (χ0) is 19.7. The molecule has 2 aromatic carbocycles. The number of aryl methyl sites for hydroxylation is 2. The lowest BCUT2D eigenvalue weighted by Gasteiger charge is -2.27. The Hall–Kier alpha value is -2.48. The molecule has 2 aliphatic carbocycles. The molecule has 0 radical (unpaired) electrons. The van der Waals surface area contributed by atoms with E-state index in [0.717, 1.165) is 60.8 Å². The summed E-state index contributed by atoms with van der Waals surface area (Å²) < 4.78 is 0. The smallest absolute Gasteiger partial charge is 0.131 e. The molecule has 0 aliphatic heterocycles. The van der Waals surface area contributed by atoms with Crippen LogP contribution >= 0.6 is 0 Å². The van der Waals surface area contributed by atoms with E-state index >= 15 is 0 Å². The number of aromatic hydroxyl groups is 2. The molecule has 2 aliphatic rings. The predicted octanol–water partition coefficient (Wildman–Crippen LogP) is 6.59. The van der Waals surface area contributed by atoms with E-state index in [9.17, 15) is 10.2 Å². The second-order valence-corrected chi connectivity index (χ2v) is 8.07. The van der Waals surface area contributed by atoms with Crippen molar-refractivity contribution >= 4 is 12.2 Å². The van der Waals surface area contributed by atoms with Crippen LogP contribution in [0.15, 0.2) is 24.3 Å². The van der Waals surface area contributed by atoms with Crippen LogP contribution in [0.25, 0.3) is 23.3 Å². The van der Waals surface area contributed by atoms with Gasteiger partial charge >= 0.3 is 0 Å². The summed E-state index contributed by atoms with van der Waals surface area (Å²) in [5, 5.41) is 22.6. The molecule has 2 nitrogen and oxygen atoms in total. The van der Waals surface area contributed by atoms with Crippen molar-refractivity contribution in [1.29, 1.82) is 0 Å². The lowest BCUT2D eigenvalue weighted by molar-refractivity contribution is 0.465. The Kier molecular flexibility index (Phi) is 5.30. The van der Waals surface area contributed by atoms with E-state index in [4.69, 9.17) is 0 Å². The first kappa shape index (κ1) is 18.9. The molecule has 2 heteroatoms. The number of fused-ring (bicyclic) bond motifs is 2. The molecule has 0 spiro atoms. The third-order valence-corrected chi connectivity index (χ3v) is 6.25. The zero-order valence-electron chi connectivity index (χ0n) is 17.0. The van der Waals surface area contributed by atoms with Crippen LogP contribution in [0.3, 0.4) is 0 Å². The van der Waals surface area contributed by atoms with Gasteiger partial charge in [-0.15, -0.1) is 0 Å². The normalized spacial score (nSPS) is 16.5. The second kappa shape index (κ2) is 7.87. The van der Waals surface area contributed by atoms with Gasteiger partial charge in [-0.05, 0) is 99.6 Å². The first-order chi connectivity index (χ1) is 13.7. The van der Waals surface area contributed by atoms with E-state index < -0.39 is 0 Å². The van der Waals surface area contributed by atoms with Crippen molar-refractivity contribution in [3.8, 4) is 22.6 Å². The molecule has 0 unspecified atom stereocenters. The molecule has 0 fully saturated rings. The highest BCUT2D eigenvalue weighted by molar-refractivity contribution is 5.88. The number of allylic oxidation sites excluding steroid dienone is 2. The van der Waals surface area contributed by atoms with Crippen molar-refractivity contribution in [2.45, 2.75) is 65.2 Å². The molecule has 0 atom stereocenters. The number of hydrogen-bond acceptors (Lipinski definition) is 2. The Morgan fingerprint density at radius 1 is 0.643 bits per heavy atom. The van der Waals surface area contributed by atoms with Crippen LogP contribution in [-0.2, 0) is 25.7 Å². The van der Waals surface area contributed by atoms with Crippen molar-refractivity contribution in [3.05, 3.63) is 57.7 Å². The Morgan fingerprint density at radius 3 is 1.43 bits per heavy atom. The Labute approximate surface area is 168 Å². The number of hydrogen-bond donors (Lipinski definition) is 2. The minimum atomic E-state index is 0.319. The molecule has 0 aromatic heterocycles. The summed E-state index contributed by atoms with van der Waals surface area (Å²) in [5.74, 6) is 0.638. The lowest BCUT2D eigenvalue weighted by atomic mass is 9.78. The first-order valence-electron chi connectivity index (χ1n) is 10.7. The van der Waals surface area contributed by atoms with E-state index in [2.05, 4.69) is 12.1 Å². The zero-order valence-corrected chi connectivity index (χ0v) is 17.0. The van der Waals surface area contributed by atoms with Gasteiger partial charge in [0, 0.05) is 22.3 Å². The third kappa shape index (κ3) is 3.15. The fourth-order valence-corrected chi connectivity index (χ4v) is 4.99. The van der Waals surface area contributed by atoms with Crippen molar-refractivity contribution in [3.63, 3.8) is 0 Å². The highest BCUT2D eigenvalue weighted by Crippen LogP contribution is 2.49. The Morgan fingerprint density at radius 2 is 1.04 bits per heavy atom. The van der Waals surface area contributed by atoms with E-state index in [1.807, 2.05) is 38.2 Å². The molecule has 0 saturated heterocycles. The van der Waals surface area contributed by atoms with E-state index in [0.29, 0.717) is 11.5 Å².